The third kappa shape index (κ3) is 2.08. The van der Waals surface area contributed by atoms with Crippen LogP contribution in [0.4, 0.5) is 0 Å². The quantitative estimate of drug-likeness (QED) is 0.772. The van der Waals surface area contributed by atoms with E-state index in [0.717, 1.165) is 20.8 Å². The number of thiazole rings is 1. The Balaban J connectivity index is 2.17. The lowest BCUT2D eigenvalue weighted by Gasteiger charge is -1.97. The summed E-state index contributed by atoms with van der Waals surface area (Å²) in [4.78, 5) is 15.6. The number of nitrogens with zero attached hydrogens (tertiary/aromatic N) is 2. The zero-order chi connectivity index (χ0) is 14.3. The molecule has 3 rings (SSSR count). The highest BCUT2D eigenvalue weighted by atomic mass is 32.1. The zero-order valence-electron chi connectivity index (χ0n) is 11.0. The third-order valence-corrected chi connectivity index (χ3v) is 4.33. The van der Waals surface area contributed by atoms with E-state index in [0.29, 0.717) is 11.6 Å². The largest absolute Gasteiger partial charge is 0.477 e. The first kappa shape index (κ1) is 12.8. The molecule has 1 aromatic carbocycles. The minimum atomic E-state index is -1.02. The van der Waals surface area contributed by atoms with Gasteiger partial charge in [0.05, 0.1) is 20.9 Å². The molecule has 0 aliphatic carbocycles. The van der Waals surface area contributed by atoms with Gasteiger partial charge in [-0.25, -0.2) is 9.78 Å². The number of carboxylic acid groups (broad SMARTS) is 1. The molecule has 2 N–H and O–H groups in total. The second-order valence-electron chi connectivity index (χ2n) is 4.83. The van der Waals surface area contributed by atoms with E-state index in [1.165, 1.54) is 6.07 Å². The van der Waals surface area contributed by atoms with Crippen LogP contribution in [0.2, 0.25) is 0 Å². The average Bonchev–Trinajstić information content (AvgIpc) is 3.05. The van der Waals surface area contributed by atoms with Crippen molar-refractivity contribution < 1.29 is 9.90 Å². The first-order chi connectivity index (χ1) is 9.56. The van der Waals surface area contributed by atoms with Crippen molar-refractivity contribution in [3.8, 4) is 11.3 Å². The molecule has 5 nitrogen and oxygen atoms in total. The number of fused-ring (bicyclic) bond motifs is 1. The van der Waals surface area contributed by atoms with Gasteiger partial charge in [-0.1, -0.05) is 26.0 Å². The number of aromatic amines is 1. The number of nitrogens with one attached hydrogen (secondary N) is 1. The second-order valence-corrected chi connectivity index (χ2v) is 5.89. The molecular weight excluding hydrogens is 274 g/mol. The number of benzene rings is 1. The van der Waals surface area contributed by atoms with Crippen molar-refractivity contribution in [1.29, 1.82) is 0 Å². The van der Waals surface area contributed by atoms with Crippen LogP contribution in [0.3, 0.4) is 0 Å². The number of aromatic carboxylic acids is 1. The second kappa shape index (κ2) is 4.72. The summed E-state index contributed by atoms with van der Waals surface area (Å²) in [6.45, 7) is 4.21. The van der Waals surface area contributed by atoms with E-state index >= 15 is 0 Å². The maximum Gasteiger partial charge on any atom is 0.353 e. The highest BCUT2D eigenvalue weighted by Crippen LogP contribution is 2.33. The van der Waals surface area contributed by atoms with Crippen molar-refractivity contribution in [3.63, 3.8) is 0 Å². The minimum Gasteiger partial charge on any atom is -0.477 e. The molecule has 102 valence electrons. The first-order valence-corrected chi connectivity index (χ1v) is 7.06. The molecular formula is C14H13N3O2S. The average molecular weight is 287 g/mol. The molecule has 6 heteroatoms. The number of hydrogen-bond donors (Lipinski definition) is 2. The molecule has 0 aliphatic heterocycles. The number of carbonyl (C=O) groups is 1. The molecule has 0 fully saturated rings. The van der Waals surface area contributed by atoms with Crippen LogP contribution in [-0.2, 0) is 0 Å². The van der Waals surface area contributed by atoms with Gasteiger partial charge in [-0.05, 0) is 12.1 Å². The van der Waals surface area contributed by atoms with Crippen LogP contribution in [0.15, 0.2) is 24.3 Å². The van der Waals surface area contributed by atoms with Gasteiger partial charge in [0.1, 0.15) is 5.69 Å². The van der Waals surface area contributed by atoms with Crippen LogP contribution < -0.4 is 0 Å². The zero-order valence-corrected chi connectivity index (χ0v) is 11.9. The number of hydrogen-bond acceptors (Lipinski definition) is 4. The van der Waals surface area contributed by atoms with Gasteiger partial charge in [0.2, 0.25) is 0 Å². The van der Waals surface area contributed by atoms with Crippen molar-refractivity contribution in [2.24, 2.45) is 0 Å². The Hall–Kier alpha value is -2.21. The van der Waals surface area contributed by atoms with Crippen LogP contribution in [0.1, 0.15) is 35.3 Å². The summed E-state index contributed by atoms with van der Waals surface area (Å²) >= 11 is 1.66. The predicted molar refractivity (Wildman–Crippen MR) is 78.3 cm³/mol. The summed E-state index contributed by atoms with van der Waals surface area (Å²) in [6, 6.07) is 7.40. The lowest BCUT2D eigenvalue weighted by molar-refractivity contribution is 0.0690. The molecule has 0 saturated heterocycles. The Morgan fingerprint density at radius 3 is 2.85 bits per heavy atom. The molecule has 2 heterocycles. The molecule has 0 amide bonds. The number of aromatic nitrogens is 3. The SMILES string of the molecule is CC(C)c1nc2c(-c3cc(C(=O)O)[nH]n3)cccc2s1. The molecule has 0 saturated carbocycles. The monoisotopic (exact) mass is 287 g/mol. The van der Waals surface area contributed by atoms with E-state index in [1.54, 1.807) is 11.3 Å². The van der Waals surface area contributed by atoms with Gasteiger partial charge in [0.15, 0.2) is 0 Å². The topological polar surface area (TPSA) is 78.9 Å². The van der Waals surface area contributed by atoms with E-state index < -0.39 is 5.97 Å². The van der Waals surface area contributed by atoms with Gasteiger partial charge in [-0.2, -0.15) is 5.10 Å². The summed E-state index contributed by atoms with van der Waals surface area (Å²) in [5, 5.41) is 16.6. The van der Waals surface area contributed by atoms with Crippen molar-refractivity contribution >= 4 is 27.5 Å². The molecule has 0 spiro atoms. The Morgan fingerprint density at radius 1 is 1.40 bits per heavy atom. The highest BCUT2D eigenvalue weighted by molar-refractivity contribution is 7.18. The molecule has 0 radical (unpaired) electrons. The molecule has 3 aromatic rings. The van der Waals surface area contributed by atoms with Crippen LogP contribution in [0.25, 0.3) is 21.5 Å². The Bertz CT molecular complexity index is 789. The predicted octanol–water partition coefficient (Wildman–Crippen LogP) is 3.51. The van der Waals surface area contributed by atoms with Gasteiger partial charge in [-0.15, -0.1) is 11.3 Å². The highest BCUT2D eigenvalue weighted by Gasteiger charge is 2.15. The lowest BCUT2D eigenvalue weighted by Crippen LogP contribution is -1.95. The fourth-order valence-corrected chi connectivity index (χ4v) is 2.99. The standard InChI is InChI=1S/C14H13N3O2S/c1-7(2)13-15-12-8(4-3-5-11(12)20-13)9-6-10(14(18)19)17-16-9/h3-7H,1-2H3,(H,16,17)(H,18,19). The van der Waals surface area contributed by atoms with Crippen molar-refractivity contribution in [3.05, 3.63) is 35.0 Å². The van der Waals surface area contributed by atoms with E-state index in [2.05, 4.69) is 29.0 Å². The van der Waals surface area contributed by atoms with Crippen molar-refractivity contribution in [1.82, 2.24) is 15.2 Å². The third-order valence-electron chi connectivity index (χ3n) is 3.01. The Morgan fingerprint density at radius 2 is 2.20 bits per heavy atom. The number of H-pyrrole nitrogens is 1. The van der Waals surface area contributed by atoms with Gasteiger partial charge >= 0.3 is 5.97 Å². The summed E-state index contributed by atoms with van der Waals surface area (Å²) in [5.74, 6) is -0.647. The fourth-order valence-electron chi connectivity index (χ4n) is 1.99. The van der Waals surface area contributed by atoms with E-state index in [1.807, 2.05) is 18.2 Å². The van der Waals surface area contributed by atoms with E-state index in [9.17, 15) is 4.79 Å². The summed E-state index contributed by atoms with van der Waals surface area (Å²) in [6.07, 6.45) is 0. The molecule has 0 aliphatic rings. The number of para-hydroxylation sites is 1. The maximum absolute atomic E-state index is 10.9. The van der Waals surface area contributed by atoms with Gasteiger partial charge in [-0.3, -0.25) is 5.10 Å². The van der Waals surface area contributed by atoms with E-state index in [-0.39, 0.29) is 5.69 Å². The van der Waals surface area contributed by atoms with Crippen LogP contribution in [0.5, 0.6) is 0 Å². The van der Waals surface area contributed by atoms with E-state index in [4.69, 9.17) is 5.11 Å². The number of rotatable bonds is 3. The molecule has 2 aromatic heterocycles. The Labute approximate surface area is 119 Å². The number of carboxylic acids is 1. The maximum atomic E-state index is 10.9. The first-order valence-electron chi connectivity index (χ1n) is 6.25. The van der Waals surface area contributed by atoms with Gasteiger partial charge in [0, 0.05) is 11.5 Å². The lowest BCUT2D eigenvalue weighted by atomic mass is 10.1. The minimum absolute atomic E-state index is 0.0799. The normalized spacial score (nSPS) is 11.3. The van der Waals surface area contributed by atoms with Crippen molar-refractivity contribution in [2.45, 2.75) is 19.8 Å². The fraction of sp³-hybridized carbons (Fsp3) is 0.214. The van der Waals surface area contributed by atoms with Gasteiger partial charge in [0.25, 0.3) is 0 Å². The summed E-state index contributed by atoms with van der Waals surface area (Å²) < 4.78 is 1.09. The van der Waals surface area contributed by atoms with Crippen molar-refractivity contribution in [2.75, 3.05) is 0 Å². The van der Waals surface area contributed by atoms with Crippen LogP contribution in [-0.4, -0.2) is 26.3 Å². The molecule has 20 heavy (non-hydrogen) atoms. The molecule has 0 bridgehead atoms. The van der Waals surface area contributed by atoms with Gasteiger partial charge < -0.3 is 5.11 Å². The molecule has 0 unspecified atom stereocenters. The Kier molecular flexibility index (Phi) is 3.02. The van der Waals surface area contributed by atoms with Crippen LogP contribution in [0, 0.1) is 0 Å². The molecule has 0 atom stereocenters. The smallest absolute Gasteiger partial charge is 0.353 e. The van der Waals surface area contributed by atoms with Crippen LogP contribution >= 0.6 is 11.3 Å². The summed E-state index contributed by atoms with van der Waals surface area (Å²) in [5.41, 5.74) is 2.42. The summed E-state index contributed by atoms with van der Waals surface area (Å²) in [7, 11) is 0.